The number of ether oxygens (including phenoxy) is 2. The van der Waals surface area contributed by atoms with Crippen LogP contribution < -0.4 is 9.47 Å². The third-order valence-electron chi connectivity index (χ3n) is 6.63. The Bertz CT molecular complexity index is 1200. The van der Waals surface area contributed by atoms with Crippen LogP contribution in [0.4, 0.5) is 0 Å². The van der Waals surface area contributed by atoms with Crippen molar-refractivity contribution < 1.29 is 24.0 Å². The molecule has 0 radical (unpaired) electrons. The molecule has 1 saturated carbocycles. The number of carbonyl (C=O) groups is 1. The lowest BCUT2D eigenvalue weighted by atomic mass is 9.87. The molecule has 0 bridgehead atoms. The van der Waals surface area contributed by atoms with E-state index in [-0.39, 0.29) is 18.1 Å². The van der Waals surface area contributed by atoms with Crippen molar-refractivity contribution in [3.05, 3.63) is 77.9 Å². The first kappa shape index (κ1) is 24.2. The number of hydrogen-bond donors (Lipinski definition) is 0. The van der Waals surface area contributed by atoms with E-state index in [2.05, 4.69) is 19.1 Å². The molecule has 0 spiro atoms. The Morgan fingerprint density at radius 2 is 1.71 bits per heavy atom. The van der Waals surface area contributed by atoms with Gasteiger partial charge in [-0.1, -0.05) is 55.8 Å². The van der Waals surface area contributed by atoms with Crippen LogP contribution in [0.25, 0.3) is 11.1 Å². The fraction of sp³-hybridized carbons (Fsp3) is 0.321. The van der Waals surface area contributed by atoms with Gasteiger partial charge in [0, 0.05) is 17.1 Å². The summed E-state index contributed by atoms with van der Waals surface area (Å²) >= 11 is 0. The predicted octanol–water partition coefficient (Wildman–Crippen LogP) is 5.01. The zero-order valence-electron chi connectivity index (χ0n) is 19.3. The van der Waals surface area contributed by atoms with Crippen LogP contribution in [-0.2, 0) is 27.4 Å². The first-order chi connectivity index (χ1) is 16.1. The maximum atomic E-state index is 13.3. The van der Waals surface area contributed by atoms with Crippen LogP contribution in [-0.4, -0.2) is 28.0 Å². The van der Waals surface area contributed by atoms with Crippen molar-refractivity contribution in [3.63, 3.8) is 0 Å². The van der Waals surface area contributed by atoms with Gasteiger partial charge in [0.2, 0.25) is 6.79 Å². The smallest absolute Gasteiger partial charge is 0.231 e. The van der Waals surface area contributed by atoms with Gasteiger partial charge < -0.3 is 14.9 Å². The third-order valence-corrected chi connectivity index (χ3v) is 8.09. The summed E-state index contributed by atoms with van der Waals surface area (Å²) < 4.78 is 23.3. The number of rotatable bonds is 9. The molecule has 0 amide bonds. The highest BCUT2D eigenvalue weighted by molar-refractivity contribution is 7.85. The fourth-order valence-electron chi connectivity index (χ4n) is 4.46. The van der Waals surface area contributed by atoms with E-state index in [1.54, 1.807) is 0 Å². The van der Waals surface area contributed by atoms with E-state index >= 15 is 0 Å². The SMILES string of the molecule is CCCCS(=O)c1ccc(-c2cccc(CC(=O)C3(c4ccc5c(c4)OCO5)CC3)c2)cc1.O. The lowest BCUT2D eigenvalue weighted by Crippen LogP contribution is -2.22. The zero-order valence-corrected chi connectivity index (χ0v) is 20.2. The summed E-state index contributed by atoms with van der Waals surface area (Å²) in [5.74, 6) is 2.43. The Morgan fingerprint density at radius 3 is 2.44 bits per heavy atom. The lowest BCUT2D eigenvalue weighted by molar-refractivity contribution is -0.120. The van der Waals surface area contributed by atoms with Crippen LogP contribution in [0.2, 0.25) is 0 Å². The van der Waals surface area contributed by atoms with Crippen molar-refractivity contribution in [1.29, 1.82) is 0 Å². The van der Waals surface area contributed by atoms with Gasteiger partial charge >= 0.3 is 0 Å². The maximum Gasteiger partial charge on any atom is 0.231 e. The summed E-state index contributed by atoms with van der Waals surface area (Å²) in [6.45, 7) is 2.35. The molecule has 178 valence electrons. The summed E-state index contributed by atoms with van der Waals surface area (Å²) in [6, 6.07) is 22.0. The molecule has 0 saturated heterocycles. The Hall–Kier alpha value is -2.96. The van der Waals surface area contributed by atoms with Crippen LogP contribution in [0.3, 0.4) is 0 Å². The quantitative estimate of drug-likeness (QED) is 0.433. The van der Waals surface area contributed by atoms with Crippen LogP contribution in [0, 0.1) is 0 Å². The number of fused-ring (bicyclic) bond motifs is 1. The largest absolute Gasteiger partial charge is 0.454 e. The Balaban J connectivity index is 0.00000274. The molecule has 2 N–H and O–H groups in total. The summed E-state index contributed by atoms with van der Waals surface area (Å²) in [5, 5.41) is 0. The number of ketones is 1. The highest BCUT2D eigenvalue weighted by Gasteiger charge is 2.50. The monoisotopic (exact) mass is 478 g/mol. The van der Waals surface area contributed by atoms with Crippen molar-refractivity contribution in [2.75, 3.05) is 12.5 Å². The molecule has 1 fully saturated rings. The molecular weight excluding hydrogens is 448 g/mol. The van der Waals surface area contributed by atoms with Gasteiger partial charge in [0.05, 0.1) is 16.2 Å². The van der Waals surface area contributed by atoms with Gasteiger partial charge in [-0.15, -0.1) is 0 Å². The molecule has 3 aromatic rings. The second-order valence-corrected chi connectivity index (χ2v) is 10.4. The number of benzene rings is 3. The first-order valence-electron chi connectivity index (χ1n) is 11.6. The van der Waals surface area contributed by atoms with Gasteiger partial charge in [-0.25, -0.2) is 0 Å². The van der Waals surface area contributed by atoms with Crippen molar-refractivity contribution in [1.82, 2.24) is 0 Å². The van der Waals surface area contributed by atoms with Crippen LogP contribution in [0.15, 0.2) is 71.6 Å². The Kier molecular flexibility index (Phi) is 7.19. The van der Waals surface area contributed by atoms with E-state index in [0.717, 1.165) is 64.3 Å². The second kappa shape index (κ2) is 10.1. The molecule has 2 aliphatic rings. The minimum absolute atomic E-state index is 0. The molecular formula is C28H30O5S. The van der Waals surface area contributed by atoms with E-state index in [4.69, 9.17) is 9.47 Å². The molecule has 5 rings (SSSR count). The minimum Gasteiger partial charge on any atom is -0.454 e. The van der Waals surface area contributed by atoms with E-state index < -0.39 is 16.2 Å². The highest BCUT2D eigenvalue weighted by atomic mass is 32.2. The number of carbonyl (C=O) groups excluding carboxylic acids is 1. The van der Waals surface area contributed by atoms with Crippen LogP contribution in [0.1, 0.15) is 43.7 Å². The van der Waals surface area contributed by atoms with Crippen molar-refractivity contribution >= 4 is 16.6 Å². The van der Waals surface area contributed by atoms with Gasteiger partial charge in [-0.05, 0) is 65.8 Å². The molecule has 5 nitrogen and oxygen atoms in total. The van der Waals surface area contributed by atoms with Crippen molar-refractivity contribution in [3.8, 4) is 22.6 Å². The maximum absolute atomic E-state index is 13.3. The highest BCUT2D eigenvalue weighted by Crippen LogP contribution is 2.51. The normalized spacial score (nSPS) is 15.9. The topological polar surface area (TPSA) is 84.1 Å². The number of unbranched alkanes of at least 4 members (excludes halogenated alkanes) is 1. The minimum atomic E-state index is -0.943. The molecule has 6 heteroatoms. The average Bonchev–Trinajstić information content (AvgIpc) is 3.53. The molecule has 1 aliphatic heterocycles. The van der Waals surface area contributed by atoms with Gasteiger partial charge in [-0.2, -0.15) is 0 Å². The van der Waals surface area contributed by atoms with Crippen molar-refractivity contribution in [2.45, 2.75) is 49.3 Å². The number of hydrogen-bond acceptors (Lipinski definition) is 4. The first-order valence-corrected chi connectivity index (χ1v) is 12.9. The Labute approximate surface area is 202 Å². The van der Waals surface area contributed by atoms with Crippen LogP contribution in [0.5, 0.6) is 11.5 Å². The van der Waals surface area contributed by atoms with Gasteiger partial charge in [0.1, 0.15) is 5.78 Å². The van der Waals surface area contributed by atoms with Gasteiger partial charge in [0.25, 0.3) is 0 Å². The molecule has 34 heavy (non-hydrogen) atoms. The predicted molar refractivity (Wildman–Crippen MR) is 134 cm³/mol. The molecule has 1 unspecified atom stereocenters. The van der Waals surface area contributed by atoms with E-state index in [1.165, 1.54) is 0 Å². The molecule has 3 aromatic carbocycles. The lowest BCUT2D eigenvalue weighted by Gasteiger charge is -2.15. The Morgan fingerprint density at radius 1 is 0.941 bits per heavy atom. The molecule has 0 aromatic heterocycles. The summed E-state index contributed by atoms with van der Waals surface area (Å²) in [5.41, 5.74) is 3.78. The fourth-order valence-corrected chi connectivity index (χ4v) is 5.68. The molecule has 1 atom stereocenters. The van der Waals surface area contributed by atoms with Crippen LogP contribution >= 0.6 is 0 Å². The average molecular weight is 479 g/mol. The third kappa shape index (κ3) is 4.79. The second-order valence-electron chi connectivity index (χ2n) is 8.88. The summed E-state index contributed by atoms with van der Waals surface area (Å²) in [7, 11) is -0.943. The van der Waals surface area contributed by atoms with Gasteiger partial charge in [0.15, 0.2) is 11.5 Å². The van der Waals surface area contributed by atoms with E-state index in [0.29, 0.717) is 12.2 Å². The van der Waals surface area contributed by atoms with E-state index in [1.807, 2.05) is 54.6 Å². The molecule has 1 aliphatic carbocycles. The van der Waals surface area contributed by atoms with Crippen molar-refractivity contribution in [2.24, 2.45) is 0 Å². The number of Topliss-reactive ketones (excluding diaryl/α,β-unsaturated/α-hetero) is 1. The zero-order chi connectivity index (χ0) is 22.8. The van der Waals surface area contributed by atoms with E-state index in [9.17, 15) is 9.00 Å². The summed E-state index contributed by atoms with van der Waals surface area (Å²) in [4.78, 5) is 14.2. The van der Waals surface area contributed by atoms with Gasteiger partial charge in [-0.3, -0.25) is 9.00 Å². The molecule has 1 heterocycles. The summed E-state index contributed by atoms with van der Waals surface area (Å²) in [6.07, 6.45) is 4.18. The standard InChI is InChI=1S/C28H28O4S.H2O/c1-2-3-15-33(30)24-10-7-21(8-11-24)22-6-4-5-20(16-22)17-27(29)28(13-14-28)23-9-12-25-26(18-23)32-19-31-25;/h4-12,16,18H,2-3,13-15,17,19H2,1H3;1H2.